The molecule has 6 heteroatoms. The molecular formula is C9H12IN5. The number of benzene rings is 1. The molecule has 0 aliphatic carbocycles. The van der Waals surface area contributed by atoms with E-state index in [0.29, 0.717) is 0 Å². The molecule has 0 saturated carbocycles. The molecular weight excluding hydrogens is 305 g/mol. The van der Waals surface area contributed by atoms with Crippen LogP contribution in [0.25, 0.3) is 0 Å². The monoisotopic (exact) mass is 317 g/mol. The Morgan fingerprint density at radius 3 is 2.53 bits per heavy atom. The highest BCUT2D eigenvalue weighted by Gasteiger charge is 1.98. The predicted molar refractivity (Wildman–Crippen MR) is 71.0 cm³/mol. The van der Waals surface area contributed by atoms with E-state index in [0.717, 1.165) is 14.8 Å². The van der Waals surface area contributed by atoms with Gasteiger partial charge in [0.1, 0.15) is 0 Å². The molecule has 0 radical (unpaired) electrons. The molecule has 0 unspecified atom stereocenters. The van der Waals surface area contributed by atoms with Crippen molar-refractivity contribution >= 4 is 40.2 Å². The highest BCUT2D eigenvalue weighted by Crippen LogP contribution is 2.21. The normalized spacial score (nSPS) is 11.2. The summed E-state index contributed by atoms with van der Waals surface area (Å²) in [4.78, 5) is 7.74. The number of rotatable bonds is 1. The zero-order valence-electron chi connectivity index (χ0n) is 8.24. The van der Waals surface area contributed by atoms with E-state index in [1.165, 1.54) is 0 Å². The van der Waals surface area contributed by atoms with Crippen LogP contribution >= 0.6 is 22.6 Å². The first-order valence-electron chi connectivity index (χ1n) is 4.19. The van der Waals surface area contributed by atoms with Crippen LogP contribution < -0.4 is 17.2 Å². The molecule has 6 N–H and O–H groups in total. The van der Waals surface area contributed by atoms with Crippen molar-refractivity contribution in [3.63, 3.8) is 0 Å². The zero-order chi connectivity index (χ0) is 11.4. The lowest BCUT2D eigenvalue weighted by Crippen LogP contribution is -2.26. The minimum atomic E-state index is -0.0977. The first-order valence-corrected chi connectivity index (χ1v) is 5.27. The van der Waals surface area contributed by atoms with Crippen molar-refractivity contribution in [3.05, 3.63) is 27.3 Å². The molecule has 0 spiro atoms. The summed E-state index contributed by atoms with van der Waals surface area (Å²) in [7, 11) is 0. The van der Waals surface area contributed by atoms with Gasteiger partial charge in [-0.2, -0.15) is 4.99 Å². The molecule has 0 aliphatic rings. The van der Waals surface area contributed by atoms with E-state index in [1.807, 2.05) is 25.1 Å². The minimum absolute atomic E-state index is 0.0556. The average Bonchev–Trinajstić information content (AvgIpc) is 2.10. The van der Waals surface area contributed by atoms with Crippen molar-refractivity contribution in [1.29, 1.82) is 0 Å². The number of halogens is 1. The lowest BCUT2D eigenvalue weighted by molar-refractivity contribution is 1.34. The van der Waals surface area contributed by atoms with E-state index in [4.69, 9.17) is 17.2 Å². The number of aliphatic imine (C=N–C) groups is 2. The molecule has 80 valence electrons. The van der Waals surface area contributed by atoms with Crippen LogP contribution in [0.2, 0.25) is 0 Å². The molecule has 0 aliphatic heterocycles. The topological polar surface area (TPSA) is 103 Å². The molecule has 1 aromatic carbocycles. The van der Waals surface area contributed by atoms with E-state index < -0.39 is 0 Å². The Kier molecular flexibility index (Phi) is 3.89. The Bertz CT molecular complexity index is 421. The Hall–Kier alpha value is -1.31. The fourth-order valence-electron chi connectivity index (χ4n) is 0.984. The summed E-state index contributed by atoms with van der Waals surface area (Å²) in [6.07, 6.45) is 0. The van der Waals surface area contributed by atoms with E-state index in [9.17, 15) is 0 Å². The van der Waals surface area contributed by atoms with E-state index in [-0.39, 0.29) is 11.9 Å². The Morgan fingerprint density at radius 1 is 1.27 bits per heavy atom. The predicted octanol–water partition coefficient (Wildman–Crippen LogP) is 0.819. The van der Waals surface area contributed by atoms with Crippen molar-refractivity contribution < 1.29 is 0 Å². The van der Waals surface area contributed by atoms with Gasteiger partial charge in [-0.15, -0.1) is 0 Å². The number of nitrogens with zero attached hydrogens (tertiary/aromatic N) is 2. The second-order valence-corrected chi connectivity index (χ2v) is 4.18. The van der Waals surface area contributed by atoms with Crippen molar-refractivity contribution in [2.45, 2.75) is 6.92 Å². The third-order valence-corrected chi connectivity index (χ3v) is 2.32. The van der Waals surface area contributed by atoms with Gasteiger partial charge in [-0.05, 0) is 47.2 Å². The second kappa shape index (κ2) is 4.96. The molecule has 0 saturated heterocycles. The summed E-state index contributed by atoms with van der Waals surface area (Å²) in [6.45, 7) is 1.94. The number of guanidine groups is 2. The largest absolute Gasteiger partial charge is 0.370 e. The molecule has 1 rings (SSSR count). The Balaban J connectivity index is 3.07. The summed E-state index contributed by atoms with van der Waals surface area (Å²) >= 11 is 2.20. The van der Waals surface area contributed by atoms with Gasteiger partial charge < -0.3 is 17.2 Å². The third kappa shape index (κ3) is 3.74. The molecule has 0 aromatic heterocycles. The Morgan fingerprint density at radius 2 is 1.93 bits per heavy atom. The Labute approximate surface area is 102 Å². The maximum Gasteiger partial charge on any atom is 0.223 e. The molecule has 0 heterocycles. The maximum atomic E-state index is 5.53. The second-order valence-electron chi connectivity index (χ2n) is 2.94. The highest BCUT2D eigenvalue weighted by atomic mass is 127. The molecule has 15 heavy (non-hydrogen) atoms. The van der Waals surface area contributed by atoms with E-state index in [2.05, 4.69) is 32.6 Å². The van der Waals surface area contributed by atoms with Crippen LogP contribution in [0, 0.1) is 10.5 Å². The first-order chi connectivity index (χ1) is 6.99. The lowest BCUT2D eigenvalue weighted by Gasteiger charge is -2.01. The molecule has 1 aromatic rings. The van der Waals surface area contributed by atoms with Gasteiger partial charge in [0, 0.05) is 3.57 Å². The average molecular weight is 317 g/mol. The van der Waals surface area contributed by atoms with Gasteiger partial charge in [-0.1, -0.05) is 6.07 Å². The van der Waals surface area contributed by atoms with Gasteiger partial charge in [-0.25, -0.2) is 4.99 Å². The van der Waals surface area contributed by atoms with Gasteiger partial charge in [0.25, 0.3) is 0 Å². The standard InChI is InChI=1S/C9H12IN5/c1-5-2-3-6(10)4-7(5)14-9(13)15-8(11)12/h2-4H,1H3,(H6,11,12,13,14,15). The van der Waals surface area contributed by atoms with Crippen LogP contribution in [0.1, 0.15) is 5.56 Å². The van der Waals surface area contributed by atoms with Crippen molar-refractivity contribution in [2.24, 2.45) is 27.2 Å². The number of nitrogens with two attached hydrogens (primary N) is 3. The van der Waals surface area contributed by atoms with E-state index >= 15 is 0 Å². The van der Waals surface area contributed by atoms with Crippen LogP contribution in [0.15, 0.2) is 28.2 Å². The van der Waals surface area contributed by atoms with Gasteiger partial charge in [0.05, 0.1) is 5.69 Å². The summed E-state index contributed by atoms with van der Waals surface area (Å²) < 4.78 is 1.08. The van der Waals surface area contributed by atoms with Crippen LogP contribution in [0.3, 0.4) is 0 Å². The number of hydrogen-bond donors (Lipinski definition) is 3. The first kappa shape index (κ1) is 11.8. The van der Waals surface area contributed by atoms with Gasteiger partial charge in [-0.3, -0.25) is 0 Å². The van der Waals surface area contributed by atoms with Crippen molar-refractivity contribution in [3.8, 4) is 0 Å². The number of aryl methyl sites for hydroxylation is 1. The smallest absolute Gasteiger partial charge is 0.223 e. The maximum absolute atomic E-state index is 5.53. The summed E-state index contributed by atoms with van der Waals surface area (Å²) in [5, 5.41) is 0. The molecule has 0 amide bonds. The molecule has 0 fully saturated rings. The van der Waals surface area contributed by atoms with E-state index in [1.54, 1.807) is 0 Å². The van der Waals surface area contributed by atoms with Gasteiger partial charge >= 0.3 is 0 Å². The SMILES string of the molecule is Cc1ccc(I)cc1N=C(N)N=C(N)N. The quantitative estimate of drug-likeness (QED) is 0.406. The van der Waals surface area contributed by atoms with Crippen LogP contribution in [-0.4, -0.2) is 11.9 Å². The van der Waals surface area contributed by atoms with Gasteiger partial charge in [0.2, 0.25) is 5.96 Å². The van der Waals surface area contributed by atoms with Gasteiger partial charge in [0.15, 0.2) is 5.96 Å². The molecule has 5 nitrogen and oxygen atoms in total. The summed E-state index contributed by atoms with van der Waals surface area (Å²) in [5.74, 6) is -0.0420. The molecule has 0 atom stereocenters. The summed E-state index contributed by atoms with van der Waals surface area (Å²) in [5.41, 5.74) is 17.7. The van der Waals surface area contributed by atoms with Crippen molar-refractivity contribution in [2.75, 3.05) is 0 Å². The van der Waals surface area contributed by atoms with Crippen molar-refractivity contribution in [1.82, 2.24) is 0 Å². The third-order valence-electron chi connectivity index (χ3n) is 1.65. The summed E-state index contributed by atoms with van der Waals surface area (Å²) in [6, 6.07) is 5.86. The lowest BCUT2D eigenvalue weighted by atomic mass is 10.2. The highest BCUT2D eigenvalue weighted by molar-refractivity contribution is 14.1. The van der Waals surface area contributed by atoms with Crippen LogP contribution in [0.4, 0.5) is 5.69 Å². The number of hydrogen-bond acceptors (Lipinski definition) is 1. The van der Waals surface area contributed by atoms with Crippen LogP contribution in [0.5, 0.6) is 0 Å². The zero-order valence-corrected chi connectivity index (χ0v) is 10.4. The minimum Gasteiger partial charge on any atom is -0.370 e. The fraction of sp³-hybridized carbons (Fsp3) is 0.111. The van der Waals surface area contributed by atoms with Crippen LogP contribution in [-0.2, 0) is 0 Å². The fourth-order valence-corrected chi connectivity index (χ4v) is 1.46. The molecule has 0 bridgehead atoms.